The van der Waals surface area contributed by atoms with Crippen LogP contribution < -0.4 is 61.4 Å². The number of amides is 4. The first-order valence-corrected chi connectivity index (χ1v) is 21.6. The van der Waals surface area contributed by atoms with Gasteiger partial charge in [-0.05, 0) is 56.9 Å². The number of unbranched alkanes of at least 4 members (excludes halogenated alkanes) is 2. The number of guanidine groups is 3. The van der Waals surface area contributed by atoms with Crippen molar-refractivity contribution in [2.45, 2.75) is 55.2 Å². The summed E-state index contributed by atoms with van der Waals surface area (Å²) in [5, 5.41) is 11.7. The van der Waals surface area contributed by atoms with E-state index in [-0.39, 0.29) is 88.4 Å². The summed E-state index contributed by atoms with van der Waals surface area (Å²) in [6, 6.07) is 7.31. The summed E-state index contributed by atoms with van der Waals surface area (Å²) in [6.07, 6.45) is 3.71. The van der Waals surface area contributed by atoms with E-state index in [4.69, 9.17) is 63.3 Å². The Morgan fingerprint density at radius 2 is 0.919 bits per heavy atom. The Morgan fingerprint density at radius 3 is 1.31 bits per heavy atom. The molecular weight excluding hydrogens is 882 g/mol. The molecule has 0 bridgehead atoms. The first kappa shape index (κ1) is 50.3. The lowest BCUT2D eigenvalue weighted by atomic mass is 10.2. The van der Waals surface area contributed by atoms with E-state index >= 15 is 0 Å². The Kier molecular flexibility index (Phi) is 21.4. The molecule has 18 N–H and O–H groups in total. The Morgan fingerprint density at radius 1 is 0.548 bits per heavy atom. The van der Waals surface area contributed by atoms with Crippen LogP contribution in [-0.4, -0.2) is 95.0 Å². The van der Waals surface area contributed by atoms with E-state index in [2.05, 4.69) is 51.2 Å². The fourth-order valence-corrected chi connectivity index (χ4v) is 7.45. The molecule has 21 nitrogen and oxygen atoms in total. The van der Waals surface area contributed by atoms with Gasteiger partial charge < -0.3 is 61.4 Å². The Hall–Kier alpha value is -6.04. The van der Waals surface area contributed by atoms with Crippen LogP contribution >= 0.6 is 46.7 Å². The van der Waals surface area contributed by atoms with Crippen LogP contribution in [0.5, 0.6) is 0 Å². The van der Waals surface area contributed by atoms with E-state index in [0.29, 0.717) is 77.3 Å². The van der Waals surface area contributed by atoms with Crippen LogP contribution in [-0.2, 0) is 9.59 Å². The molecule has 2 aromatic carbocycles. The zero-order valence-corrected chi connectivity index (χ0v) is 37.0. The highest BCUT2D eigenvalue weighted by Gasteiger charge is 2.21. The number of benzene rings is 2. The molecule has 3 rings (SSSR count). The van der Waals surface area contributed by atoms with Crippen molar-refractivity contribution in [2.24, 2.45) is 60.1 Å². The van der Waals surface area contributed by atoms with Crippen LogP contribution in [0.2, 0.25) is 10.0 Å². The number of aliphatic imine (C=N–C) groups is 4. The maximum absolute atomic E-state index is 13.7. The van der Waals surface area contributed by atoms with E-state index in [1.807, 2.05) is 0 Å². The highest BCUT2D eigenvalue weighted by molar-refractivity contribution is 7.99. The molecule has 25 heteroatoms. The van der Waals surface area contributed by atoms with E-state index in [1.54, 1.807) is 19.1 Å². The van der Waals surface area contributed by atoms with Crippen molar-refractivity contribution in [3.05, 3.63) is 58.1 Å². The first-order chi connectivity index (χ1) is 29.5. The monoisotopic (exact) mass is 931 g/mol. The van der Waals surface area contributed by atoms with Crippen molar-refractivity contribution in [3.8, 4) is 0 Å². The molecule has 0 aliphatic heterocycles. The summed E-state index contributed by atoms with van der Waals surface area (Å²) >= 11 is 15.5. The zero-order valence-electron chi connectivity index (χ0n) is 33.9. The lowest BCUT2D eigenvalue weighted by molar-refractivity contribution is -0.117. The van der Waals surface area contributed by atoms with Crippen molar-refractivity contribution >= 4 is 117 Å². The highest BCUT2D eigenvalue weighted by atomic mass is 35.5. The van der Waals surface area contributed by atoms with Crippen molar-refractivity contribution in [3.63, 3.8) is 0 Å². The number of hydrogen-bond acceptors (Lipinski definition) is 12. The van der Waals surface area contributed by atoms with Gasteiger partial charge in [0.05, 0.1) is 51.5 Å². The molecule has 1 aromatic heterocycles. The lowest BCUT2D eigenvalue weighted by Crippen LogP contribution is -2.23. The third-order valence-electron chi connectivity index (χ3n) is 7.83. The molecule has 0 aliphatic carbocycles. The van der Waals surface area contributed by atoms with Gasteiger partial charge in [-0.1, -0.05) is 23.2 Å². The molecule has 0 aliphatic rings. The smallest absolute Gasteiger partial charge is 0.274 e. The molecule has 0 saturated heterocycles. The second kappa shape index (κ2) is 26.3. The predicted octanol–water partition coefficient (Wildman–Crippen LogP) is 2.89. The van der Waals surface area contributed by atoms with Gasteiger partial charge in [0.1, 0.15) is 17.7 Å². The number of amidine groups is 1. The number of carbonyl (C=O) groups is 4. The van der Waals surface area contributed by atoms with Gasteiger partial charge in [0.25, 0.3) is 11.8 Å². The molecule has 3 aromatic rings. The average Bonchev–Trinajstić information content (AvgIpc) is 3.18. The van der Waals surface area contributed by atoms with Crippen molar-refractivity contribution < 1.29 is 19.2 Å². The third kappa shape index (κ3) is 18.7. The second-order valence-electron chi connectivity index (χ2n) is 13.0. The average molecular weight is 933 g/mol. The molecule has 0 saturated carbocycles. The normalized spacial score (nSPS) is 10.9. The van der Waals surface area contributed by atoms with Gasteiger partial charge in [0.2, 0.25) is 11.8 Å². The van der Waals surface area contributed by atoms with Gasteiger partial charge in [-0.15, -0.1) is 23.5 Å². The lowest BCUT2D eigenvalue weighted by Gasteiger charge is -2.17. The number of aromatic nitrogens is 2. The van der Waals surface area contributed by atoms with Gasteiger partial charge in [-0.3, -0.25) is 39.1 Å². The topological polar surface area (TPSA) is 374 Å². The Bertz CT molecular complexity index is 2030. The Balaban J connectivity index is 1.87. The minimum atomic E-state index is -0.722. The van der Waals surface area contributed by atoms with Crippen LogP contribution in [0.25, 0.3) is 0 Å². The molecule has 0 unspecified atom stereocenters. The van der Waals surface area contributed by atoms with Crippen molar-refractivity contribution in [2.75, 3.05) is 59.0 Å². The fraction of sp³-hybridized carbons (Fsp3) is 0.351. The third-order valence-corrected chi connectivity index (χ3v) is 10.5. The highest BCUT2D eigenvalue weighted by Crippen LogP contribution is 2.39. The van der Waals surface area contributed by atoms with E-state index in [9.17, 15) is 19.2 Å². The van der Waals surface area contributed by atoms with Gasteiger partial charge in [0, 0.05) is 53.5 Å². The summed E-state index contributed by atoms with van der Waals surface area (Å²) in [5.41, 5.74) is 39.1. The van der Waals surface area contributed by atoms with Crippen LogP contribution in [0, 0.1) is 0 Å². The summed E-state index contributed by atoms with van der Waals surface area (Å²) in [7, 11) is 0. The minimum absolute atomic E-state index is 0.0318. The van der Waals surface area contributed by atoms with E-state index in [0.717, 1.165) is 6.33 Å². The number of nitrogens with zero attached hydrogens (tertiary/aromatic N) is 6. The Labute approximate surface area is 376 Å². The summed E-state index contributed by atoms with van der Waals surface area (Å²) < 4.78 is 0. The standard InChI is InChI=1S/C37H51Cl2N17O4S2/c1-20(40)47-8-4-2-6-29(57)53-23-14-21(38)16-25(31(23)61-12-10-49-36(43)44)55-33(59)27-18-28(52-19-51-27)34(60)56-26-17-22(39)15-24(32(26)62-13-11-50-37(45)46)54-30(58)7-3-5-9-48-35(41)42/h14-19H,2-13H2,1H3,(H2,40,47)(H,53,57)(H,54,58)(H,55,59)(H,56,60)(H4,41,42,48)(H4,43,44,49)(H4,45,46,50). The molecular formula is C37H51Cl2N17O4S2. The number of nitrogens with one attached hydrogen (secondary N) is 4. The molecule has 1 heterocycles. The number of rotatable bonds is 24. The molecule has 62 heavy (non-hydrogen) atoms. The predicted molar refractivity (Wildman–Crippen MR) is 251 cm³/mol. The van der Waals surface area contributed by atoms with Gasteiger partial charge >= 0.3 is 0 Å². The largest absolute Gasteiger partial charge is 0.388 e. The number of nitrogens with two attached hydrogens (primary N) is 7. The molecule has 334 valence electrons. The van der Waals surface area contributed by atoms with E-state index in [1.165, 1.54) is 41.7 Å². The maximum atomic E-state index is 13.7. The molecule has 0 spiro atoms. The quantitative estimate of drug-likeness (QED) is 0.0266. The number of thioether (sulfide) groups is 2. The van der Waals surface area contributed by atoms with Crippen LogP contribution in [0.1, 0.15) is 66.4 Å². The first-order valence-electron chi connectivity index (χ1n) is 18.9. The molecule has 0 fully saturated rings. The van der Waals surface area contributed by atoms with Crippen LogP contribution in [0.3, 0.4) is 0 Å². The zero-order chi connectivity index (χ0) is 45.6. The summed E-state index contributed by atoms with van der Waals surface area (Å²) in [4.78, 5) is 78.6. The number of hydrogen-bond donors (Lipinski definition) is 11. The number of anilines is 4. The summed E-state index contributed by atoms with van der Waals surface area (Å²) in [6.45, 7) is 3.03. The molecule has 0 atom stereocenters. The molecule has 0 radical (unpaired) electrons. The van der Waals surface area contributed by atoms with Gasteiger partial charge in [0.15, 0.2) is 17.9 Å². The van der Waals surface area contributed by atoms with Crippen LogP contribution in [0.4, 0.5) is 22.7 Å². The maximum Gasteiger partial charge on any atom is 0.274 e. The fourth-order valence-electron chi connectivity index (χ4n) is 5.18. The minimum Gasteiger partial charge on any atom is -0.388 e. The van der Waals surface area contributed by atoms with Crippen LogP contribution in [0.15, 0.2) is 66.4 Å². The number of halogens is 2. The van der Waals surface area contributed by atoms with Gasteiger partial charge in [-0.25, -0.2) is 9.97 Å². The number of carbonyl (C=O) groups excluding carboxylic acids is 4. The summed E-state index contributed by atoms with van der Waals surface area (Å²) in [5.74, 6) is -1.06. The van der Waals surface area contributed by atoms with Gasteiger partial charge in [-0.2, -0.15) is 0 Å². The second-order valence-corrected chi connectivity index (χ2v) is 16.1. The molecule has 4 amide bonds. The van der Waals surface area contributed by atoms with Crippen molar-refractivity contribution in [1.82, 2.24) is 9.97 Å². The SMILES string of the molecule is CC(N)=NCCCCC(=O)Nc1cc(Cl)cc(NC(=O)c2cc(C(=O)Nc3cc(Cl)cc(NC(=O)CCCCN=C(N)N)c3SCCN=C(N)N)ncn2)c1SCCN=C(N)N. The van der Waals surface area contributed by atoms with Crippen molar-refractivity contribution in [1.29, 1.82) is 0 Å². The van der Waals surface area contributed by atoms with E-state index < -0.39 is 11.8 Å².